The molecule has 5 atom stereocenters. The Morgan fingerprint density at radius 3 is 2.58 bits per heavy atom. The Hall–Kier alpha value is -1.89. The molecule has 1 aromatic heterocycles. The summed E-state index contributed by atoms with van der Waals surface area (Å²) in [6.07, 6.45) is -5.40. The Morgan fingerprint density at radius 2 is 1.88 bits per heavy atom. The molecule has 1 aliphatic heterocycles. The largest absolute Gasteiger partial charge is 0.394 e. The zero-order chi connectivity index (χ0) is 18.7. The lowest BCUT2D eigenvalue weighted by molar-refractivity contribution is -0.303. The van der Waals surface area contributed by atoms with Crippen LogP contribution >= 0.6 is 12.6 Å². The van der Waals surface area contributed by atoms with Crippen LogP contribution < -0.4 is 10.2 Å². The van der Waals surface area contributed by atoms with E-state index in [9.17, 15) is 15.3 Å². The predicted octanol–water partition coefficient (Wildman–Crippen LogP) is -1.59. The number of rotatable bonds is 6. The first-order valence-electron chi connectivity index (χ1n) is 7.89. The molecule has 3 rings (SSSR count). The smallest absolute Gasteiger partial charge is 0.256 e. The summed E-state index contributed by atoms with van der Waals surface area (Å²) in [6, 6.07) is 7.45. The summed E-state index contributed by atoms with van der Waals surface area (Å²) < 4.78 is 5.24. The second kappa shape index (κ2) is 8.20. The second-order valence-corrected chi connectivity index (χ2v) is 6.33. The van der Waals surface area contributed by atoms with Crippen molar-refractivity contribution in [2.24, 2.45) is 0 Å². The van der Waals surface area contributed by atoms with Crippen LogP contribution in [0.3, 0.4) is 0 Å². The number of hydrogen-bond acceptors (Lipinski definition) is 10. The number of thiol groups is 1. The van der Waals surface area contributed by atoms with Gasteiger partial charge in [0.1, 0.15) is 30.1 Å². The van der Waals surface area contributed by atoms with Crippen molar-refractivity contribution in [3.63, 3.8) is 0 Å². The highest BCUT2D eigenvalue weighted by Crippen LogP contribution is 2.20. The van der Waals surface area contributed by atoms with Crippen LogP contribution in [0.1, 0.15) is 5.69 Å². The molecule has 1 aromatic carbocycles. The van der Waals surface area contributed by atoms with Crippen LogP contribution in [0, 0.1) is 0 Å². The maximum atomic E-state index is 9.94. The minimum Gasteiger partial charge on any atom is -0.394 e. The fraction of sp³-hybridized carbons (Fsp3) is 0.467. The van der Waals surface area contributed by atoms with Crippen molar-refractivity contribution in [3.05, 3.63) is 36.2 Å². The van der Waals surface area contributed by atoms with Crippen LogP contribution in [-0.4, -0.2) is 72.9 Å². The van der Waals surface area contributed by atoms with Gasteiger partial charge in [-0.3, -0.25) is 0 Å². The lowest BCUT2D eigenvalue weighted by Crippen LogP contribution is -2.61. The molecule has 0 radical (unpaired) electrons. The molecule has 2 aromatic rings. The van der Waals surface area contributed by atoms with Crippen LogP contribution in [-0.2, 0) is 11.3 Å². The van der Waals surface area contributed by atoms with Crippen molar-refractivity contribution >= 4 is 18.3 Å². The van der Waals surface area contributed by atoms with Crippen molar-refractivity contribution in [1.82, 2.24) is 15.2 Å². The Bertz CT molecular complexity index is 712. The van der Waals surface area contributed by atoms with Crippen LogP contribution in [0.5, 0.6) is 0 Å². The highest BCUT2D eigenvalue weighted by Gasteiger charge is 2.45. The summed E-state index contributed by atoms with van der Waals surface area (Å²) in [7, 11) is 0. The summed E-state index contributed by atoms with van der Waals surface area (Å²) in [6.45, 7) is -0.160. The fourth-order valence-electron chi connectivity index (χ4n) is 2.45. The Kier molecular flexibility index (Phi) is 5.96. The maximum Gasteiger partial charge on any atom is 0.256 e. The zero-order valence-electron chi connectivity index (χ0n) is 13.6. The highest BCUT2D eigenvalue weighted by atomic mass is 32.1. The molecule has 0 saturated carbocycles. The summed E-state index contributed by atoms with van der Waals surface area (Å²) in [5, 5.41) is 49.4. The number of benzene rings is 1. The van der Waals surface area contributed by atoms with E-state index in [0.29, 0.717) is 12.2 Å². The van der Waals surface area contributed by atoms with Crippen LogP contribution in [0.25, 0.3) is 0 Å². The average Bonchev–Trinajstić information content (AvgIpc) is 3.09. The number of aromatic nitrogens is 3. The maximum absolute atomic E-state index is 9.94. The third-order valence-electron chi connectivity index (χ3n) is 3.92. The lowest BCUT2D eigenvalue weighted by atomic mass is 9.99. The van der Waals surface area contributed by atoms with E-state index in [2.05, 4.69) is 28.3 Å². The van der Waals surface area contributed by atoms with Crippen molar-refractivity contribution in [2.45, 2.75) is 42.1 Å². The summed E-state index contributed by atoms with van der Waals surface area (Å²) in [5.74, 6) is 0. The normalized spacial score (nSPS) is 28.7. The van der Waals surface area contributed by atoms with Gasteiger partial charge in [0.2, 0.25) is 0 Å². The molecule has 2 heterocycles. The monoisotopic (exact) mass is 384 g/mol. The van der Waals surface area contributed by atoms with Gasteiger partial charge in [0.15, 0.2) is 0 Å². The van der Waals surface area contributed by atoms with Gasteiger partial charge in [0, 0.05) is 10.6 Å². The first-order valence-corrected chi connectivity index (χ1v) is 8.34. The molecule has 1 aliphatic rings. The lowest BCUT2D eigenvalue weighted by Gasteiger charge is -2.38. The quantitative estimate of drug-likeness (QED) is 0.325. The van der Waals surface area contributed by atoms with E-state index in [4.69, 9.17) is 14.7 Å². The standard InChI is InChI=1S/C15H20N4O6S/c20-7-11-12(21)13(22)14(23)15(24-11)25-19-6-9(17-18-19)5-16-8-1-3-10(26)4-2-8/h1-4,6,11-16,20-23,26H,5,7H2/t11-,12-,13+,14-,15+/m1/s1. The molecule has 0 bridgehead atoms. The molecule has 5 N–H and O–H groups in total. The van der Waals surface area contributed by atoms with Gasteiger partial charge in [-0.25, -0.2) is 0 Å². The van der Waals surface area contributed by atoms with Crippen molar-refractivity contribution < 1.29 is 30.0 Å². The molecule has 26 heavy (non-hydrogen) atoms. The second-order valence-electron chi connectivity index (χ2n) is 5.82. The van der Waals surface area contributed by atoms with Gasteiger partial charge in [-0.15, -0.1) is 17.7 Å². The Labute approximate surface area is 154 Å². The number of hydrogen-bond donors (Lipinski definition) is 6. The summed E-state index contributed by atoms with van der Waals surface area (Å²) >= 11 is 4.22. The van der Waals surface area contributed by atoms with Gasteiger partial charge in [-0.05, 0) is 29.5 Å². The van der Waals surface area contributed by atoms with Crippen LogP contribution in [0.4, 0.5) is 5.69 Å². The van der Waals surface area contributed by atoms with E-state index in [-0.39, 0.29) is 0 Å². The molecular weight excluding hydrogens is 364 g/mol. The SMILES string of the molecule is OC[C@H]1O[C@@H](On2cc(CNc3ccc(S)cc3)nn2)[C@H](O)[C@@H](O)[C@@H]1O. The third kappa shape index (κ3) is 4.26. The van der Waals surface area contributed by atoms with E-state index in [1.165, 1.54) is 6.20 Å². The van der Waals surface area contributed by atoms with Crippen molar-refractivity contribution in [3.8, 4) is 0 Å². The number of nitrogens with one attached hydrogen (secondary N) is 1. The van der Waals surface area contributed by atoms with E-state index >= 15 is 0 Å². The molecule has 10 nitrogen and oxygen atoms in total. The van der Waals surface area contributed by atoms with Gasteiger partial charge >= 0.3 is 0 Å². The van der Waals surface area contributed by atoms with Gasteiger partial charge in [-0.2, -0.15) is 0 Å². The van der Waals surface area contributed by atoms with Crippen LogP contribution in [0.15, 0.2) is 35.4 Å². The number of nitrogens with zero attached hydrogens (tertiary/aromatic N) is 3. The first-order chi connectivity index (χ1) is 12.5. The molecule has 0 spiro atoms. The van der Waals surface area contributed by atoms with Gasteiger partial charge in [0.05, 0.1) is 19.3 Å². The van der Waals surface area contributed by atoms with Crippen molar-refractivity contribution in [2.75, 3.05) is 11.9 Å². The van der Waals surface area contributed by atoms with E-state index in [1.807, 2.05) is 24.3 Å². The molecule has 0 amide bonds. The number of anilines is 1. The Morgan fingerprint density at radius 1 is 1.15 bits per heavy atom. The molecule has 1 saturated heterocycles. The summed E-state index contributed by atoms with van der Waals surface area (Å²) in [4.78, 5) is 7.16. The van der Waals surface area contributed by atoms with Crippen molar-refractivity contribution in [1.29, 1.82) is 0 Å². The summed E-state index contributed by atoms with van der Waals surface area (Å²) in [5.41, 5.74) is 1.44. The van der Waals surface area contributed by atoms with E-state index in [0.717, 1.165) is 15.4 Å². The van der Waals surface area contributed by atoms with E-state index in [1.54, 1.807) is 0 Å². The van der Waals surface area contributed by atoms with Gasteiger partial charge in [-0.1, -0.05) is 4.85 Å². The minimum absolute atomic E-state index is 0.379. The van der Waals surface area contributed by atoms with Crippen LogP contribution in [0.2, 0.25) is 0 Å². The molecule has 1 fully saturated rings. The average molecular weight is 384 g/mol. The molecule has 0 aliphatic carbocycles. The first kappa shape index (κ1) is 18.9. The molecule has 0 unspecified atom stereocenters. The minimum atomic E-state index is -1.52. The molecule has 11 heteroatoms. The highest BCUT2D eigenvalue weighted by molar-refractivity contribution is 7.80. The predicted molar refractivity (Wildman–Crippen MR) is 91.4 cm³/mol. The number of aliphatic hydroxyl groups is 4. The van der Waals surface area contributed by atoms with Gasteiger partial charge < -0.3 is 35.3 Å². The number of ether oxygens (including phenoxy) is 1. The zero-order valence-corrected chi connectivity index (χ0v) is 14.5. The molecular formula is C15H20N4O6S. The Balaban J connectivity index is 1.58. The number of aliphatic hydroxyl groups excluding tert-OH is 4. The molecule has 142 valence electrons. The van der Waals surface area contributed by atoms with Gasteiger partial charge in [0.25, 0.3) is 6.29 Å². The topological polar surface area (TPSA) is 142 Å². The third-order valence-corrected chi connectivity index (χ3v) is 4.22. The fourth-order valence-corrected chi connectivity index (χ4v) is 2.60. The van der Waals surface area contributed by atoms with E-state index < -0.39 is 37.3 Å².